The molecule has 0 heterocycles. The van der Waals surface area contributed by atoms with Crippen molar-refractivity contribution in [2.45, 2.75) is 30.2 Å². The van der Waals surface area contributed by atoms with E-state index < -0.39 is 10.0 Å². The Morgan fingerprint density at radius 2 is 1.74 bits per heavy atom. The second kappa shape index (κ2) is 9.80. The Bertz CT molecular complexity index is 1040. The molecule has 0 bridgehead atoms. The van der Waals surface area contributed by atoms with E-state index in [1.807, 2.05) is 6.07 Å². The number of hydrogen-bond acceptors (Lipinski definition) is 6. The lowest BCUT2D eigenvalue weighted by Gasteiger charge is -2.22. The molecular weight excluding hydrogens is 422 g/mol. The van der Waals surface area contributed by atoms with E-state index in [1.165, 1.54) is 31.4 Å². The fraction of sp³-hybridized carbons (Fsp3) is 0.333. The van der Waals surface area contributed by atoms with Gasteiger partial charge in [0.05, 0.1) is 12.0 Å². The monoisotopic (exact) mass is 447 g/mol. The summed E-state index contributed by atoms with van der Waals surface area (Å²) in [7, 11) is -2.26. The summed E-state index contributed by atoms with van der Waals surface area (Å²) < 4.78 is 33.4. The maximum atomic E-state index is 12.7. The molecule has 2 aromatic rings. The van der Waals surface area contributed by atoms with Gasteiger partial charge < -0.3 is 19.7 Å². The van der Waals surface area contributed by atoms with Gasteiger partial charge in [0.1, 0.15) is 0 Å². The van der Waals surface area contributed by atoms with Gasteiger partial charge in [-0.3, -0.25) is 9.59 Å². The van der Waals surface area contributed by atoms with Gasteiger partial charge in [-0.15, -0.1) is 0 Å². The first-order valence-electron chi connectivity index (χ1n) is 9.76. The summed E-state index contributed by atoms with van der Waals surface area (Å²) in [6.07, 6.45) is 1.90. The molecule has 0 saturated heterocycles. The molecule has 0 radical (unpaired) electrons. The van der Waals surface area contributed by atoms with Gasteiger partial charge in [0.2, 0.25) is 15.9 Å². The van der Waals surface area contributed by atoms with Crippen LogP contribution in [-0.2, 0) is 19.6 Å². The molecule has 0 atom stereocenters. The molecule has 2 amide bonds. The van der Waals surface area contributed by atoms with Crippen molar-refractivity contribution in [2.24, 2.45) is 5.14 Å². The molecule has 2 aromatic carbocycles. The standard InChI is InChI=1S/C21H25N3O6S/c1-29-18-4-2-3-5-19(18)30-14-21(26)24(16-8-9-16)13-12-20(25)23-15-6-10-17(11-7-15)31(22,27)28/h2-7,10-11,16H,8-9,12-14H2,1H3,(H,23,25)(H2,22,27,28). The quantitative estimate of drug-likeness (QED) is 0.571. The lowest BCUT2D eigenvalue weighted by molar-refractivity contribution is -0.134. The first-order chi connectivity index (χ1) is 14.8. The summed E-state index contributed by atoms with van der Waals surface area (Å²) in [6, 6.07) is 12.8. The number of ether oxygens (including phenoxy) is 2. The average molecular weight is 448 g/mol. The van der Waals surface area contributed by atoms with Gasteiger partial charge in [-0.1, -0.05) is 12.1 Å². The predicted molar refractivity (Wildman–Crippen MR) is 114 cm³/mol. The second-order valence-corrected chi connectivity index (χ2v) is 8.69. The molecular formula is C21H25N3O6S. The third kappa shape index (κ3) is 6.43. The largest absolute Gasteiger partial charge is 0.493 e. The predicted octanol–water partition coefficient (Wildman–Crippen LogP) is 1.74. The molecule has 1 fully saturated rings. The van der Waals surface area contributed by atoms with Crippen molar-refractivity contribution in [3.05, 3.63) is 48.5 Å². The molecule has 0 aliphatic heterocycles. The van der Waals surface area contributed by atoms with Crippen LogP contribution in [0.1, 0.15) is 19.3 Å². The van der Waals surface area contributed by atoms with Crippen LogP contribution >= 0.6 is 0 Å². The van der Waals surface area contributed by atoms with E-state index in [9.17, 15) is 18.0 Å². The minimum Gasteiger partial charge on any atom is -0.493 e. The number of para-hydroxylation sites is 2. The van der Waals surface area contributed by atoms with Crippen LogP contribution in [0, 0.1) is 0 Å². The van der Waals surface area contributed by atoms with Crippen molar-refractivity contribution in [1.82, 2.24) is 4.90 Å². The van der Waals surface area contributed by atoms with Crippen LogP contribution in [0.25, 0.3) is 0 Å². The van der Waals surface area contributed by atoms with E-state index in [4.69, 9.17) is 14.6 Å². The Kier molecular flexibility index (Phi) is 7.13. The second-order valence-electron chi connectivity index (χ2n) is 7.13. The van der Waals surface area contributed by atoms with E-state index >= 15 is 0 Å². The fourth-order valence-electron chi connectivity index (χ4n) is 3.03. The van der Waals surface area contributed by atoms with Crippen LogP contribution in [0.5, 0.6) is 11.5 Å². The Morgan fingerprint density at radius 3 is 2.32 bits per heavy atom. The first-order valence-corrected chi connectivity index (χ1v) is 11.3. The van der Waals surface area contributed by atoms with Gasteiger partial charge in [-0.05, 0) is 49.2 Å². The summed E-state index contributed by atoms with van der Waals surface area (Å²) >= 11 is 0. The number of hydrogen-bond donors (Lipinski definition) is 2. The molecule has 10 heteroatoms. The number of nitrogens with one attached hydrogen (secondary N) is 1. The molecule has 1 aliphatic carbocycles. The summed E-state index contributed by atoms with van der Waals surface area (Å²) in [4.78, 5) is 26.6. The normalized spacial score (nSPS) is 13.4. The number of primary sulfonamides is 1. The Labute approximate surface area is 181 Å². The molecule has 0 aromatic heterocycles. The van der Waals surface area contributed by atoms with Crippen molar-refractivity contribution in [3.63, 3.8) is 0 Å². The minimum absolute atomic E-state index is 0.0361. The van der Waals surface area contributed by atoms with Crippen LogP contribution < -0.4 is 19.9 Å². The Hall–Kier alpha value is -3.11. The van der Waals surface area contributed by atoms with Gasteiger partial charge in [-0.25, -0.2) is 13.6 Å². The molecule has 0 spiro atoms. The zero-order valence-corrected chi connectivity index (χ0v) is 17.9. The average Bonchev–Trinajstić information content (AvgIpc) is 3.57. The van der Waals surface area contributed by atoms with Gasteiger partial charge in [0, 0.05) is 24.7 Å². The van der Waals surface area contributed by atoms with Gasteiger partial charge in [0.15, 0.2) is 18.1 Å². The van der Waals surface area contributed by atoms with Crippen LogP contribution in [-0.4, -0.2) is 51.4 Å². The smallest absolute Gasteiger partial charge is 0.260 e. The number of nitrogens with zero attached hydrogens (tertiary/aromatic N) is 1. The molecule has 3 rings (SSSR count). The van der Waals surface area contributed by atoms with Crippen LogP contribution in [0.15, 0.2) is 53.4 Å². The van der Waals surface area contributed by atoms with Gasteiger partial charge in [0.25, 0.3) is 5.91 Å². The van der Waals surface area contributed by atoms with E-state index in [0.717, 1.165) is 12.8 Å². The summed E-state index contributed by atoms with van der Waals surface area (Å²) in [5, 5.41) is 7.75. The number of methoxy groups -OCH3 is 1. The van der Waals surface area contributed by atoms with Crippen molar-refractivity contribution in [2.75, 3.05) is 25.6 Å². The third-order valence-corrected chi connectivity index (χ3v) is 5.70. The summed E-state index contributed by atoms with van der Waals surface area (Å²) in [6.45, 7) is 0.118. The molecule has 31 heavy (non-hydrogen) atoms. The van der Waals surface area contributed by atoms with Crippen molar-refractivity contribution in [3.8, 4) is 11.5 Å². The Balaban J connectivity index is 1.52. The molecule has 166 valence electrons. The van der Waals surface area contributed by atoms with E-state index in [0.29, 0.717) is 17.2 Å². The van der Waals surface area contributed by atoms with Crippen LogP contribution in [0.3, 0.4) is 0 Å². The molecule has 0 unspecified atom stereocenters. The lowest BCUT2D eigenvalue weighted by Crippen LogP contribution is -2.38. The Morgan fingerprint density at radius 1 is 1.10 bits per heavy atom. The molecule has 3 N–H and O–H groups in total. The molecule has 1 aliphatic rings. The zero-order chi connectivity index (χ0) is 22.4. The third-order valence-electron chi connectivity index (χ3n) is 4.77. The highest BCUT2D eigenvalue weighted by molar-refractivity contribution is 7.89. The number of amides is 2. The number of nitrogens with two attached hydrogens (primary N) is 1. The van der Waals surface area contributed by atoms with Crippen LogP contribution in [0.4, 0.5) is 5.69 Å². The van der Waals surface area contributed by atoms with E-state index in [-0.39, 0.29) is 42.3 Å². The van der Waals surface area contributed by atoms with Gasteiger partial charge >= 0.3 is 0 Å². The summed E-state index contributed by atoms with van der Waals surface area (Å²) in [5.41, 5.74) is 0.446. The van der Waals surface area contributed by atoms with Crippen molar-refractivity contribution < 1.29 is 27.5 Å². The fourth-order valence-corrected chi connectivity index (χ4v) is 3.55. The lowest BCUT2D eigenvalue weighted by atomic mass is 10.3. The molecule has 1 saturated carbocycles. The van der Waals surface area contributed by atoms with E-state index in [2.05, 4.69) is 5.32 Å². The van der Waals surface area contributed by atoms with E-state index in [1.54, 1.807) is 23.1 Å². The van der Waals surface area contributed by atoms with Crippen molar-refractivity contribution >= 4 is 27.5 Å². The molecule has 9 nitrogen and oxygen atoms in total. The highest BCUT2D eigenvalue weighted by Gasteiger charge is 2.32. The number of carbonyl (C=O) groups is 2. The number of sulfonamides is 1. The highest BCUT2D eigenvalue weighted by Crippen LogP contribution is 2.29. The number of benzene rings is 2. The highest BCUT2D eigenvalue weighted by atomic mass is 32.2. The first kappa shape index (κ1) is 22.6. The topological polar surface area (TPSA) is 128 Å². The SMILES string of the molecule is COc1ccccc1OCC(=O)N(CCC(=O)Nc1ccc(S(N)(=O)=O)cc1)C1CC1. The maximum absolute atomic E-state index is 12.7. The minimum atomic E-state index is -3.79. The van der Waals surface area contributed by atoms with Crippen LogP contribution in [0.2, 0.25) is 0 Å². The maximum Gasteiger partial charge on any atom is 0.260 e. The summed E-state index contributed by atoms with van der Waals surface area (Å²) in [5.74, 6) is 0.544. The zero-order valence-electron chi connectivity index (χ0n) is 17.1. The number of rotatable bonds is 10. The number of carbonyl (C=O) groups excluding carboxylic acids is 2. The van der Waals surface area contributed by atoms with Gasteiger partial charge in [-0.2, -0.15) is 0 Å². The van der Waals surface area contributed by atoms with Crippen molar-refractivity contribution in [1.29, 1.82) is 0 Å². The number of anilines is 1.